The maximum atomic E-state index is 5.84. The van der Waals surface area contributed by atoms with Gasteiger partial charge >= 0.3 is 0 Å². The third-order valence-electron chi connectivity index (χ3n) is 3.40. The summed E-state index contributed by atoms with van der Waals surface area (Å²) in [7, 11) is 0. The molecule has 0 saturated carbocycles. The zero-order valence-electron chi connectivity index (χ0n) is 11.1. The number of hydrogen-bond donors (Lipinski definition) is 1. The van der Waals surface area contributed by atoms with Crippen LogP contribution in [-0.2, 0) is 0 Å². The Morgan fingerprint density at radius 3 is 1.75 bits per heavy atom. The Labute approximate surface area is 118 Å². The largest absolute Gasteiger partial charge is 0.384 e. The summed E-state index contributed by atoms with van der Waals surface area (Å²) in [5, 5.41) is 0. The maximum Gasteiger partial charge on any atom is 0.123 e. The summed E-state index contributed by atoms with van der Waals surface area (Å²) < 4.78 is 0. The van der Waals surface area contributed by atoms with Gasteiger partial charge in [-0.05, 0) is 28.8 Å². The first-order chi connectivity index (χ1) is 9.84. The van der Waals surface area contributed by atoms with Crippen molar-refractivity contribution < 1.29 is 0 Å². The zero-order valence-corrected chi connectivity index (χ0v) is 11.1. The van der Waals surface area contributed by atoms with E-state index in [1.54, 1.807) is 6.20 Å². The molecule has 0 spiro atoms. The predicted octanol–water partition coefficient (Wildman–Crippen LogP) is 3.84. The van der Waals surface area contributed by atoms with Crippen LogP contribution in [0.15, 0.2) is 79.0 Å². The smallest absolute Gasteiger partial charge is 0.123 e. The highest BCUT2D eigenvalue weighted by Crippen LogP contribution is 2.31. The number of nitrogens with zero attached hydrogens (tertiary/aromatic N) is 1. The molecule has 2 aromatic carbocycles. The quantitative estimate of drug-likeness (QED) is 0.777. The number of rotatable bonds is 3. The zero-order chi connectivity index (χ0) is 13.8. The number of aromatic nitrogens is 1. The second-order valence-electron chi connectivity index (χ2n) is 4.77. The monoisotopic (exact) mass is 260 g/mol. The van der Waals surface area contributed by atoms with Crippen LogP contribution >= 0.6 is 0 Å². The minimum absolute atomic E-state index is 0.183. The number of nitrogens with two attached hydrogens (primary N) is 1. The molecule has 20 heavy (non-hydrogen) atoms. The van der Waals surface area contributed by atoms with E-state index < -0.39 is 0 Å². The van der Waals surface area contributed by atoms with Gasteiger partial charge in [0.25, 0.3) is 0 Å². The molecule has 3 rings (SSSR count). The SMILES string of the molecule is Nc1cc(C(c2ccccc2)c2ccccc2)ccn1. The molecule has 0 radical (unpaired) electrons. The fourth-order valence-corrected chi connectivity index (χ4v) is 2.51. The lowest BCUT2D eigenvalue weighted by Gasteiger charge is -2.18. The van der Waals surface area contributed by atoms with Crippen molar-refractivity contribution >= 4 is 5.82 Å². The van der Waals surface area contributed by atoms with Crippen LogP contribution in [-0.4, -0.2) is 4.98 Å². The van der Waals surface area contributed by atoms with E-state index in [0.29, 0.717) is 5.82 Å². The molecule has 0 amide bonds. The summed E-state index contributed by atoms with van der Waals surface area (Å²) in [6, 6.07) is 24.9. The normalized spacial score (nSPS) is 10.7. The lowest BCUT2D eigenvalue weighted by atomic mass is 9.85. The second-order valence-corrected chi connectivity index (χ2v) is 4.77. The van der Waals surface area contributed by atoms with Crippen molar-refractivity contribution in [2.75, 3.05) is 5.73 Å². The van der Waals surface area contributed by atoms with E-state index in [4.69, 9.17) is 5.73 Å². The summed E-state index contributed by atoms with van der Waals surface area (Å²) in [6.45, 7) is 0. The number of anilines is 1. The van der Waals surface area contributed by atoms with E-state index in [1.807, 2.05) is 24.3 Å². The molecule has 3 aromatic rings. The molecule has 0 aliphatic rings. The molecule has 2 heteroatoms. The molecular formula is C18H16N2. The Morgan fingerprint density at radius 2 is 1.25 bits per heavy atom. The highest BCUT2D eigenvalue weighted by atomic mass is 14.8. The van der Waals surface area contributed by atoms with Gasteiger partial charge in [0.05, 0.1) is 0 Å². The van der Waals surface area contributed by atoms with Crippen molar-refractivity contribution in [1.82, 2.24) is 4.98 Å². The lowest BCUT2D eigenvalue weighted by molar-refractivity contribution is 0.972. The van der Waals surface area contributed by atoms with Crippen LogP contribution in [0.5, 0.6) is 0 Å². The highest BCUT2D eigenvalue weighted by Gasteiger charge is 2.16. The average molecular weight is 260 g/mol. The summed E-state index contributed by atoms with van der Waals surface area (Å²) in [5.41, 5.74) is 9.51. The Morgan fingerprint density at radius 1 is 0.700 bits per heavy atom. The Bertz CT molecular complexity index is 639. The van der Waals surface area contributed by atoms with Crippen molar-refractivity contribution in [3.05, 3.63) is 95.7 Å². The first-order valence-corrected chi connectivity index (χ1v) is 6.66. The van der Waals surface area contributed by atoms with E-state index in [0.717, 1.165) is 5.56 Å². The van der Waals surface area contributed by atoms with E-state index in [9.17, 15) is 0 Å². The number of benzene rings is 2. The number of hydrogen-bond acceptors (Lipinski definition) is 2. The summed E-state index contributed by atoms with van der Waals surface area (Å²) in [4.78, 5) is 4.09. The van der Waals surface area contributed by atoms with Gasteiger partial charge in [0.2, 0.25) is 0 Å². The van der Waals surface area contributed by atoms with E-state index in [1.165, 1.54) is 11.1 Å². The molecule has 0 bridgehead atoms. The fourth-order valence-electron chi connectivity index (χ4n) is 2.51. The lowest BCUT2D eigenvalue weighted by Crippen LogP contribution is -2.04. The fraction of sp³-hybridized carbons (Fsp3) is 0.0556. The third kappa shape index (κ3) is 2.54. The molecule has 2 N–H and O–H groups in total. The van der Waals surface area contributed by atoms with Crippen LogP contribution in [0, 0.1) is 0 Å². The molecular weight excluding hydrogens is 244 g/mol. The number of pyridine rings is 1. The van der Waals surface area contributed by atoms with Crippen LogP contribution in [0.1, 0.15) is 22.6 Å². The molecule has 0 aliphatic heterocycles. The highest BCUT2D eigenvalue weighted by molar-refractivity contribution is 5.45. The van der Waals surface area contributed by atoms with Crippen molar-refractivity contribution in [2.24, 2.45) is 0 Å². The molecule has 0 atom stereocenters. The van der Waals surface area contributed by atoms with Gasteiger partial charge in [-0.15, -0.1) is 0 Å². The Balaban J connectivity index is 2.14. The molecule has 0 unspecified atom stereocenters. The molecule has 98 valence electrons. The minimum atomic E-state index is 0.183. The van der Waals surface area contributed by atoms with Crippen LogP contribution in [0.3, 0.4) is 0 Å². The molecule has 0 fully saturated rings. The minimum Gasteiger partial charge on any atom is -0.384 e. The Kier molecular flexibility index (Phi) is 3.46. The van der Waals surface area contributed by atoms with Crippen molar-refractivity contribution in [3.63, 3.8) is 0 Å². The van der Waals surface area contributed by atoms with Crippen LogP contribution in [0.4, 0.5) is 5.82 Å². The van der Waals surface area contributed by atoms with Crippen LogP contribution < -0.4 is 5.73 Å². The predicted molar refractivity (Wildman–Crippen MR) is 82.5 cm³/mol. The average Bonchev–Trinajstić information content (AvgIpc) is 2.50. The van der Waals surface area contributed by atoms with Gasteiger partial charge in [-0.3, -0.25) is 0 Å². The van der Waals surface area contributed by atoms with Crippen LogP contribution in [0.25, 0.3) is 0 Å². The molecule has 2 nitrogen and oxygen atoms in total. The van der Waals surface area contributed by atoms with Gasteiger partial charge in [-0.2, -0.15) is 0 Å². The summed E-state index contributed by atoms with van der Waals surface area (Å²) in [6.07, 6.45) is 1.77. The van der Waals surface area contributed by atoms with Gasteiger partial charge in [-0.1, -0.05) is 60.7 Å². The van der Waals surface area contributed by atoms with Gasteiger partial charge in [-0.25, -0.2) is 4.98 Å². The van der Waals surface area contributed by atoms with E-state index in [2.05, 4.69) is 53.5 Å². The van der Waals surface area contributed by atoms with Gasteiger partial charge < -0.3 is 5.73 Å². The molecule has 1 heterocycles. The number of nitrogen functional groups attached to an aromatic ring is 1. The van der Waals surface area contributed by atoms with Crippen molar-refractivity contribution in [3.8, 4) is 0 Å². The molecule has 0 aliphatic carbocycles. The van der Waals surface area contributed by atoms with Gasteiger partial charge in [0.15, 0.2) is 0 Å². The molecule has 0 saturated heterocycles. The van der Waals surface area contributed by atoms with E-state index in [-0.39, 0.29) is 5.92 Å². The standard InChI is InChI=1S/C18H16N2/c19-17-13-16(11-12-20-17)18(14-7-3-1-4-8-14)15-9-5-2-6-10-15/h1-13,18H,(H2,19,20). The van der Waals surface area contributed by atoms with Crippen molar-refractivity contribution in [2.45, 2.75) is 5.92 Å². The van der Waals surface area contributed by atoms with Gasteiger partial charge in [0.1, 0.15) is 5.82 Å². The summed E-state index contributed by atoms with van der Waals surface area (Å²) in [5.74, 6) is 0.738. The van der Waals surface area contributed by atoms with Crippen molar-refractivity contribution in [1.29, 1.82) is 0 Å². The Hall–Kier alpha value is -2.61. The topological polar surface area (TPSA) is 38.9 Å². The first-order valence-electron chi connectivity index (χ1n) is 6.66. The molecule has 1 aromatic heterocycles. The third-order valence-corrected chi connectivity index (χ3v) is 3.40. The van der Waals surface area contributed by atoms with Gasteiger partial charge in [0, 0.05) is 12.1 Å². The maximum absolute atomic E-state index is 5.84. The summed E-state index contributed by atoms with van der Waals surface area (Å²) >= 11 is 0. The van der Waals surface area contributed by atoms with Crippen LogP contribution in [0.2, 0.25) is 0 Å². The first kappa shape index (κ1) is 12.4. The second kappa shape index (κ2) is 5.57. The van der Waals surface area contributed by atoms with E-state index >= 15 is 0 Å².